The fourth-order valence-corrected chi connectivity index (χ4v) is 3.77. The number of halogens is 2. The van der Waals surface area contributed by atoms with Gasteiger partial charge in [0, 0.05) is 13.2 Å². The average Bonchev–Trinajstić information content (AvgIpc) is 3.10. The first-order valence-corrected chi connectivity index (χ1v) is 9.96. The van der Waals surface area contributed by atoms with Crippen LogP contribution in [0.1, 0.15) is 46.1 Å². The first kappa shape index (κ1) is 22.7. The van der Waals surface area contributed by atoms with Crippen molar-refractivity contribution in [3.05, 3.63) is 58.4 Å². The van der Waals surface area contributed by atoms with Gasteiger partial charge in [-0.1, -0.05) is 23.8 Å². The third kappa shape index (κ3) is 4.54. The van der Waals surface area contributed by atoms with Crippen molar-refractivity contribution in [1.29, 1.82) is 0 Å². The molecular formula is C23H27F2N3O3. The van der Waals surface area contributed by atoms with Gasteiger partial charge in [-0.2, -0.15) is 5.10 Å². The highest BCUT2D eigenvalue weighted by Crippen LogP contribution is 2.32. The number of amides is 1. The lowest BCUT2D eigenvalue weighted by atomic mass is 9.99. The second-order valence-corrected chi connectivity index (χ2v) is 7.75. The van der Waals surface area contributed by atoms with E-state index in [1.165, 1.54) is 30.6 Å². The maximum atomic E-state index is 13.3. The quantitative estimate of drug-likeness (QED) is 0.499. The monoisotopic (exact) mass is 431 g/mol. The number of rotatable bonds is 7. The first-order valence-electron chi connectivity index (χ1n) is 9.96. The zero-order chi connectivity index (χ0) is 22.9. The van der Waals surface area contributed by atoms with E-state index in [0.717, 1.165) is 32.7 Å². The van der Waals surface area contributed by atoms with Crippen LogP contribution in [0.2, 0.25) is 0 Å². The van der Waals surface area contributed by atoms with E-state index in [1.54, 1.807) is 6.92 Å². The summed E-state index contributed by atoms with van der Waals surface area (Å²) in [5.74, 6) is 0.0470. The number of hydrogen-bond acceptors (Lipinski definition) is 4. The van der Waals surface area contributed by atoms with Gasteiger partial charge in [-0.3, -0.25) is 14.3 Å². The standard InChI is InChI=1S/C23H27F2N3O3/c1-13-7-8-18-16(4)21(14(2)10-17(18)9-13)31-12-15(3)28(30-6)23(29)19-11-27(5)26-20(19)22(24)25/h7-11,15,22H,12H2,1-6H3. The van der Waals surface area contributed by atoms with Crippen molar-refractivity contribution < 1.29 is 23.1 Å². The van der Waals surface area contributed by atoms with E-state index >= 15 is 0 Å². The highest BCUT2D eigenvalue weighted by atomic mass is 19.3. The molecule has 3 rings (SSSR count). The Morgan fingerprint density at radius 3 is 2.58 bits per heavy atom. The van der Waals surface area contributed by atoms with Gasteiger partial charge in [0.05, 0.1) is 18.7 Å². The number of ether oxygens (including phenoxy) is 1. The van der Waals surface area contributed by atoms with E-state index in [4.69, 9.17) is 9.57 Å². The zero-order valence-electron chi connectivity index (χ0n) is 18.6. The molecule has 8 heteroatoms. The molecule has 0 radical (unpaired) electrons. The molecule has 0 saturated carbocycles. The number of carbonyl (C=O) groups excluding carboxylic acids is 1. The van der Waals surface area contributed by atoms with Crippen molar-refractivity contribution in [2.24, 2.45) is 7.05 Å². The van der Waals surface area contributed by atoms with Crippen LogP contribution in [0.4, 0.5) is 8.78 Å². The smallest absolute Gasteiger partial charge is 0.282 e. The third-order valence-corrected chi connectivity index (χ3v) is 5.24. The van der Waals surface area contributed by atoms with Crippen LogP contribution in [0.25, 0.3) is 10.8 Å². The van der Waals surface area contributed by atoms with Crippen LogP contribution in [-0.4, -0.2) is 40.5 Å². The number of benzene rings is 2. The van der Waals surface area contributed by atoms with Crippen molar-refractivity contribution in [3.63, 3.8) is 0 Å². The van der Waals surface area contributed by atoms with Gasteiger partial charge in [0.25, 0.3) is 12.3 Å². The average molecular weight is 431 g/mol. The molecule has 166 valence electrons. The predicted octanol–water partition coefficient (Wildman–Crippen LogP) is 4.91. The third-order valence-electron chi connectivity index (χ3n) is 5.24. The molecule has 1 heterocycles. The first-order chi connectivity index (χ1) is 14.6. The minimum Gasteiger partial charge on any atom is -0.491 e. The lowest BCUT2D eigenvalue weighted by Crippen LogP contribution is -2.41. The molecule has 31 heavy (non-hydrogen) atoms. The Morgan fingerprint density at radius 2 is 1.94 bits per heavy atom. The molecule has 0 N–H and O–H groups in total. The second kappa shape index (κ2) is 9.01. The number of aromatic nitrogens is 2. The van der Waals surface area contributed by atoms with Crippen LogP contribution in [0, 0.1) is 20.8 Å². The SMILES string of the molecule is CON(C(=O)c1cn(C)nc1C(F)F)C(C)COc1c(C)cc2cc(C)ccc2c1C. The minimum absolute atomic E-state index is 0.128. The van der Waals surface area contributed by atoms with E-state index < -0.39 is 24.1 Å². The van der Waals surface area contributed by atoms with Gasteiger partial charge in [-0.05, 0) is 55.7 Å². The van der Waals surface area contributed by atoms with E-state index in [0.29, 0.717) is 0 Å². The van der Waals surface area contributed by atoms with Crippen LogP contribution in [0.3, 0.4) is 0 Å². The normalized spacial score (nSPS) is 12.4. The van der Waals surface area contributed by atoms with Crippen LogP contribution >= 0.6 is 0 Å². The highest BCUT2D eigenvalue weighted by molar-refractivity contribution is 5.94. The number of fused-ring (bicyclic) bond motifs is 1. The van der Waals surface area contributed by atoms with Crippen molar-refractivity contribution in [3.8, 4) is 5.75 Å². The Morgan fingerprint density at radius 1 is 1.23 bits per heavy atom. The highest BCUT2D eigenvalue weighted by Gasteiger charge is 2.29. The molecule has 0 bridgehead atoms. The number of alkyl halides is 2. The number of hydrogen-bond donors (Lipinski definition) is 0. The topological polar surface area (TPSA) is 56.6 Å². The summed E-state index contributed by atoms with van der Waals surface area (Å²) in [6.45, 7) is 7.87. The van der Waals surface area contributed by atoms with Crippen molar-refractivity contribution in [2.45, 2.75) is 40.2 Å². The molecule has 1 amide bonds. The minimum atomic E-state index is -2.86. The summed E-state index contributed by atoms with van der Waals surface area (Å²) in [5, 5.41) is 6.96. The molecule has 1 aromatic heterocycles. The Labute approximate surface area is 180 Å². The van der Waals surface area contributed by atoms with E-state index in [9.17, 15) is 13.6 Å². The Bertz CT molecular complexity index is 1110. The molecule has 0 spiro atoms. The Hall–Kier alpha value is -3.00. The fourth-order valence-electron chi connectivity index (χ4n) is 3.77. The van der Waals surface area contributed by atoms with E-state index in [1.807, 2.05) is 20.8 Å². The van der Waals surface area contributed by atoms with Crippen molar-refractivity contribution in [2.75, 3.05) is 13.7 Å². The number of carbonyl (C=O) groups is 1. The molecule has 1 unspecified atom stereocenters. The summed E-state index contributed by atoms with van der Waals surface area (Å²) >= 11 is 0. The fraction of sp³-hybridized carbons (Fsp3) is 0.391. The predicted molar refractivity (Wildman–Crippen MR) is 114 cm³/mol. The largest absolute Gasteiger partial charge is 0.491 e. The van der Waals surface area contributed by atoms with Crippen LogP contribution in [0.5, 0.6) is 5.75 Å². The second-order valence-electron chi connectivity index (χ2n) is 7.75. The molecule has 2 aromatic carbocycles. The lowest BCUT2D eigenvalue weighted by molar-refractivity contribution is -0.126. The maximum Gasteiger partial charge on any atom is 0.282 e. The van der Waals surface area contributed by atoms with Crippen LogP contribution in [0.15, 0.2) is 30.5 Å². The van der Waals surface area contributed by atoms with Gasteiger partial charge in [-0.15, -0.1) is 0 Å². The molecule has 1 atom stereocenters. The van der Waals surface area contributed by atoms with Crippen LogP contribution < -0.4 is 4.74 Å². The van der Waals surface area contributed by atoms with E-state index in [2.05, 4.69) is 29.4 Å². The van der Waals surface area contributed by atoms with Gasteiger partial charge >= 0.3 is 0 Å². The summed E-state index contributed by atoms with van der Waals surface area (Å²) in [5.41, 5.74) is 2.40. The summed E-state index contributed by atoms with van der Waals surface area (Å²) in [6.07, 6.45) is -1.60. The summed E-state index contributed by atoms with van der Waals surface area (Å²) < 4.78 is 33.8. The number of aryl methyl sites for hydroxylation is 4. The molecule has 6 nitrogen and oxygen atoms in total. The number of nitrogens with zero attached hydrogens (tertiary/aromatic N) is 3. The van der Waals surface area contributed by atoms with Gasteiger partial charge in [0.15, 0.2) is 0 Å². The van der Waals surface area contributed by atoms with Gasteiger partial charge in [0.2, 0.25) is 0 Å². The molecule has 0 saturated heterocycles. The molecule has 0 fully saturated rings. The van der Waals surface area contributed by atoms with Crippen LogP contribution in [-0.2, 0) is 11.9 Å². The zero-order valence-corrected chi connectivity index (χ0v) is 18.6. The summed E-state index contributed by atoms with van der Waals surface area (Å²) in [7, 11) is 2.81. The molecular weight excluding hydrogens is 404 g/mol. The van der Waals surface area contributed by atoms with Crippen molar-refractivity contribution in [1.82, 2.24) is 14.8 Å². The van der Waals surface area contributed by atoms with Crippen molar-refractivity contribution >= 4 is 16.7 Å². The molecule has 3 aromatic rings. The van der Waals surface area contributed by atoms with Gasteiger partial charge < -0.3 is 4.74 Å². The molecule has 0 aliphatic heterocycles. The Kier molecular flexibility index (Phi) is 6.59. The van der Waals surface area contributed by atoms with E-state index in [-0.39, 0.29) is 12.2 Å². The molecule has 0 aliphatic carbocycles. The molecule has 0 aliphatic rings. The number of hydroxylamine groups is 2. The lowest BCUT2D eigenvalue weighted by Gasteiger charge is -2.27. The van der Waals surface area contributed by atoms with Gasteiger partial charge in [-0.25, -0.2) is 13.8 Å². The summed E-state index contributed by atoms with van der Waals surface area (Å²) in [6, 6.07) is 7.78. The Balaban J connectivity index is 1.81. The van der Waals surface area contributed by atoms with Gasteiger partial charge in [0.1, 0.15) is 18.1 Å². The summed E-state index contributed by atoms with van der Waals surface area (Å²) in [4.78, 5) is 18.1. The maximum absolute atomic E-state index is 13.3.